The summed E-state index contributed by atoms with van der Waals surface area (Å²) in [6.45, 7) is 6.65. The predicted molar refractivity (Wildman–Crippen MR) is 123 cm³/mol. The lowest BCUT2D eigenvalue weighted by atomic mass is 9.95. The summed E-state index contributed by atoms with van der Waals surface area (Å²) in [6, 6.07) is 23.8. The molecule has 0 aromatic heterocycles. The summed E-state index contributed by atoms with van der Waals surface area (Å²) in [7, 11) is 0. The zero-order valence-corrected chi connectivity index (χ0v) is 18.0. The first-order valence-corrected chi connectivity index (χ1v) is 10.7. The number of carbonyl (C=O) groups is 1. The lowest BCUT2D eigenvalue weighted by molar-refractivity contribution is 0.126. The minimum absolute atomic E-state index is 0.140. The normalized spacial score (nSPS) is 15.5. The van der Waals surface area contributed by atoms with Gasteiger partial charge in [-0.15, -0.1) is 0 Å². The molecule has 4 nitrogen and oxygen atoms in total. The van der Waals surface area contributed by atoms with E-state index in [4.69, 9.17) is 0 Å². The molecular weight excluding hydrogens is 389 g/mol. The SMILES string of the molecule is Cc1ccc(C(c2ccccc2)N2CCN(C(=O)Nc3cc(C)ccc3F)CC2)cc1. The number of urea groups is 1. The molecule has 3 aromatic carbocycles. The van der Waals surface area contributed by atoms with Gasteiger partial charge in [-0.2, -0.15) is 0 Å². The average Bonchev–Trinajstić information content (AvgIpc) is 2.79. The second kappa shape index (κ2) is 9.31. The summed E-state index contributed by atoms with van der Waals surface area (Å²) in [5, 5.41) is 2.73. The van der Waals surface area contributed by atoms with E-state index >= 15 is 0 Å². The maximum atomic E-state index is 14.0. The van der Waals surface area contributed by atoms with E-state index in [-0.39, 0.29) is 17.8 Å². The monoisotopic (exact) mass is 417 g/mol. The Morgan fingerprint density at radius 3 is 2.13 bits per heavy atom. The minimum atomic E-state index is -0.416. The van der Waals surface area contributed by atoms with E-state index in [1.165, 1.54) is 22.8 Å². The summed E-state index contributed by atoms with van der Waals surface area (Å²) in [5.41, 5.74) is 4.86. The van der Waals surface area contributed by atoms with Crippen molar-refractivity contribution in [3.8, 4) is 0 Å². The van der Waals surface area contributed by atoms with Gasteiger partial charge >= 0.3 is 6.03 Å². The largest absolute Gasteiger partial charge is 0.322 e. The fourth-order valence-corrected chi connectivity index (χ4v) is 4.11. The number of carbonyl (C=O) groups excluding carboxylic acids is 1. The molecule has 5 heteroatoms. The van der Waals surface area contributed by atoms with Crippen molar-refractivity contribution in [2.75, 3.05) is 31.5 Å². The summed E-state index contributed by atoms with van der Waals surface area (Å²) in [4.78, 5) is 16.9. The second-order valence-electron chi connectivity index (χ2n) is 8.16. The van der Waals surface area contributed by atoms with Crippen molar-refractivity contribution in [3.63, 3.8) is 0 Å². The molecule has 1 fully saturated rings. The highest BCUT2D eigenvalue weighted by molar-refractivity contribution is 5.89. The highest BCUT2D eigenvalue weighted by atomic mass is 19.1. The van der Waals surface area contributed by atoms with Gasteiger partial charge in [-0.1, -0.05) is 66.2 Å². The van der Waals surface area contributed by atoms with E-state index in [0.717, 1.165) is 18.7 Å². The van der Waals surface area contributed by atoms with Gasteiger partial charge in [-0.3, -0.25) is 4.90 Å². The summed E-state index contributed by atoms with van der Waals surface area (Å²) in [5.74, 6) is -0.416. The van der Waals surface area contributed by atoms with Crippen LogP contribution in [-0.2, 0) is 0 Å². The topological polar surface area (TPSA) is 35.6 Å². The molecule has 1 N–H and O–H groups in total. The Morgan fingerprint density at radius 1 is 0.839 bits per heavy atom. The Kier molecular flexibility index (Phi) is 6.33. The van der Waals surface area contributed by atoms with Crippen LogP contribution in [0.3, 0.4) is 0 Å². The molecule has 0 radical (unpaired) electrons. The molecule has 4 rings (SSSR count). The van der Waals surface area contributed by atoms with E-state index in [0.29, 0.717) is 13.1 Å². The van der Waals surface area contributed by atoms with Gasteiger partial charge in [0.15, 0.2) is 0 Å². The van der Waals surface area contributed by atoms with Crippen LogP contribution in [0.25, 0.3) is 0 Å². The molecule has 1 unspecified atom stereocenters. The van der Waals surface area contributed by atoms with Crippen LogP contribution in [0, 0.1) is 19.7 Å². The number of nitrogens with one attached hydrogen (secondary N) is 1. The van der Waals surface area contributed by atoms with Crippen molar-refractivity contribution in [1.29, 1.82) is 0 Å². The molecule has 2 amide bonds. The third-order valence-corrected chi connectivity index (χ3v) is 5.84. The molecule has 1 heterocycles. The lowest BCUT2D eigenvalue weighted by Crippen LogP contribution is -2.51. The van der Waals surface area contributed by atoms with E-state index in [1.807, 2.05) is 13.0 Å². The number of hydrogen-bond donors (Lipinski definition) is 1. The van der Waals surface area contributed by atoms with Gasteiger partial charge in [0.05, 0.1) is 11.7 Å². The molecule has 1 atom stereocenters. The summed E-state index contributed by atoms with van der Waals surface area (Å²) in [6.07, 6.45) is 0. The summed E-state index contributed by atoms with van der Waals surface area (Å²) >= 11 is 0. The Morgan fingerprint density at radius 2 is 1.45 bits per heavy atom. The Labute approximate surface area is 183 Å². The molecule has 0 spiro atoms. The number of aryl methyl sites for hydroxylation is 2. The maximum Gasteiger partial charge on any atom is 0.322 e. The van der Waals surface area contributed by atoms with Crippen molar-refractivity contribution in [3.05, 3.63) is 101 Å². The standard InChI is InChI=1S/C26H28FN3O/c1-19-8-11-22(12-9-19)25(21-6-4-3-5-7-21)29-14-16-30(17-15-29)26(31)28-24-18-20(2)10-13-23(24)27/h3-13,18,25H,14-17H2,1-2H3,(H,28,31). The van der Waals surface area contributed by atoms with Crippen molar-refractivity contribution in [1.82, 2.24) is 9.80 Å². The van der Waals surface area contributed by atoms with Gasteiger partial charge in [-0.05, 0) is 42.7 Å². The van der Waals surface area contributed by atoms with Crippen LogP contribution >= 0.6 is 0 Å². The third kappa shape index (κ3) is 4.94. The van der Waals surface area contributed by atoms with Gasteiger partial charge in [0, 0.05) is 26.2 Å². The van der Waals surface area contributed by atoms with E-state index in [1.54, 1.807) is 17.0 Å². The van der Waals surface area contributed by atoms with Crippen LogP contribution in [0.2, 0.25) is 0 Å². The highest BCUT2D eigenvalue weighted by Crippen LogP contribution is 2.30. The number of amides is 2. The molecule has 31 heavy (non-hydrogen) atoms. The van der Waals surface area contributed by atoms with Gasteiger partial charge < -0.3 is 10.2 Å². The van der Waals surface area contributed by atoms with Gasteiger partial charge in [0.25, 0.3) is 0 Å². The average molecular weight is 418 g/mol. The van der Waals surface area contributed by atoms with Crippen molar-refractivity contribution < 1.29 is 9.18 Å². The molecule has 160 valence electrons. The van der Waals surface area contributed by atoms with E-state index in [9.17, 15) is 9.18 Å². The number of rotatable bonds is 4. The van der Waals surface area contributed by atoms with Crippen LogP contribution in [0.4, 0.5) is 14.9 Å². The first-order valence-electron chi connectivity index (χ1n) is 10.7. The van der Waals surface area contributed by atoms with Crippen LogP contribution in [0.5, 0.6) is 0 Å². The zero-order chi connectivity index (χ0) is 21.8. The number of nitrogens with zero attached hydrogens (tertiary/aromatic N) is 2. The summed E-state index contributed by atoms with van der Waals surface area (Å²) < 4.78 is 14.0. The molecule has 1 aliphatic rings. The fourth-order valence-electron chi connectivity index (χ4n) is 4.11. The van der Waals surface area contributed by atoms with E-state index in [2.05, 4.69) is 65.7 Å². The van der Waals surface area contributed by atoms with Gasteiger partial charge in [0.1, 0.15) is 5.82 Å². The molecule has 1 saturated heterocycles. The first kappa shape index (κ1) is 21.1. The Hall–Kier alpha value is -3.18. The van der Waals surface area contributed by atoms with Crippen molar-refractivity contribution in [2.45, 2.75) is 19.9 Å². The maximum absolute atomic E-state index is 14.0. The number of anilines is 1. The fraction of sp³-hybridized carbons (Fsp3) is 0.269. The number of benzene rings is 3. The lowest BCUT2D eigenvalue weighted by Gasteiger charge is -2.39. The smallest absolute Gasteiger partial charge is 0.322 e. The van der Waals surface area contributed by atoms with Crippen LogP contribution < -0.4 is 5.32 Å². The van der Waals surface area contributed by atoms with Crippen molar-refractivity contribution in [2.24, 2.45) is 0 Å². The number of piperazine rings is 1. The third-order valence-electron chi connectivity index (χ3n) is 5.84. The quantitative estimate of drug-likeness (QED) is 0.618. The Bertz CT molecular complexity index is 1030. The molecule has 0 bridgehead atoms. The molecular formula is C26H28FN3O. The van der Waals surface area contributed by atoms with Gasteiger partial charge in [-0.25, -0.2) is 9.18 Å². The predicted octanol–water partition coefficient (Wildman–Crippen LogP) is 5.38. The van der Waals surface area contributed by atoms with Crippen LogP contribution in [-0.4, -0.2) is 42.0 Å². The molecule has 0 aliphatic carbocycles. The zero-order valence-electron chi connectivity index (χ0n) is 18.0. The van der Waals surface area contributed by atoms with E-state index < -0.39 is 5.82 Å². The molecule has 1 aliphatic heterocycles. The molecule has 0 saturated carbocycles. The molecule has 3 aromatic rings. The Balaban J connectivity index is 1.47. The number of hydrogen-bond acceptors (Lipinski definition) is 2. The minimum Gasteiger partial charge on any atom is -0.322 e. The number of halogens is 1. The van der Waals surface area contributed by atoms with Crippen molar-refractivity contribution >= 4 is 11.7 Å². The second-order valence-corrected chi connectivity index (χ2v) is 8.16. The first-order chi connectivity index (χ1) is 15.0. The van der Waals surface area contributed by atoms with Crippen LogP contribution in [0.1, 0.15) is 28.3 Å². The van der Waals surface area contributed by atoms with Gasteiger partial charge in [0.2, 0.25) is 0 Å². The highest BCUT2D eigenvalue weighted by Gasteiger charge is 2.28. The van der Waals surface area contributed by atoms with Crippen LogP contribution in [0.15, 0.2) is 72.8 Å².